The van der Waals surface area contributed by atoms with Crippen molar-refractivity contribution in [3.63, 3.8) is 0 Å². The Bertz CT molecular complexity index is 331. The van der Waals surface area contributed by atoms with E-state index < -0.39 is 0 Å². The van der Waals surface area contributed by atoms with E-state index in [9.17, 15) is 0 Å². The Labute approximate surface area is 106 Å². The van der Waals surface area contributed by atoms with Gasteiger partial charge in [0.25, 0.3) is 0 Å². The van der Waals surface area contributed by atoms with Crippen molar-refractivity contribution in [3.05, 3.63) is 28.2 Å². The first-order chi connectivity index (χ1) is 7.69. The summed E-state index contributed by atoms with van der Waals surface area (Å²) in [7, 11) is 3.78. The van der Waals surface area contributed by atoms with Gasteiger partial charge in [-0.3, -0.25) is 0 Å². The molecule has 2 N–H and O–H groups in total. The van der Waals surface area contributed by atoms with Crippen LogP contribution in [0.4, 0.5) is 5.69 Å². The van der Waals surface area contributed by atoms with Crippen LogP contribution >= 0.6 is 15.9 Å². The van der Waals surface area contributed by atoms with Crippen molar-refractivity contribution >= 4 is 21.6 Å². The topological polar surface area (TPSA) is 38.5 Å². The van der Waals surface area contributed by atoms with Crippen LogP contribution in [0.1, 0.15) is 5.56 Å². The molecular weight excluding hydrogens is 268 g/mol. The molecule has 0 fully saturated rings. The average Bonchev–Trinajstić information content (AvgIpc) is 2.29. The lowest BCUT2D eigenvalue weighted by Gasteiger charge is -2.19. The van der Waals surface area contributed by atoms with Gasteiger partial charge in [0.05, 0.1) is 6.61 Å². The van der Waals surface area contributed by atoms with Crippen LogP contribution in [0.2, 0.25) is 0 Å². The van der Waals surface area contributed by atoms with E-state index in [4.69, 9.17) is 10.5 Å². The first-order valence-corrected chi connectivity index (χ1v) is 6.17. The molecule has 0 aliphatic carbocycles. The number of hydrogen-bond acceptors (Lipinski definition) is 3. The molecule has 0 aromatic heterocycles. The van der Waals surface area contributed by atoms with Crippen molar-refractivity contribution in [3.8, 4) is 0 Å². The van der Waals surface area contributed by atoms with E-state index in [-0.39, 0.29) is 0 Å². The van der Waals surface area contributed by atoms with Crippen LogP contribution in [0.25, 0.3) is 0 Å². The second kappa shape index (κ2) is 6.89. The molecule has 1 aromatic rings. The van der Waals surface area contributed by atoms with Crippen LogP contribution in [0.3, 0.4) is 0 Å². The van der Waals surface area contributed by atoms with Gasteiger partial charge in [-0.1, -0.05) is 22.0 Å². The van der Waals surface area contributed by atoms with E-state index in [1.54, 1.807) is 7.11 Å². The SMILES string of the molecule is COCCN(C)c1ccc(CCN)c(Br)c1. The highest BCUT2D eigenvalue weighted by Gasteiger charge is 2.04. The normalized spacial score (nSPS) is 10.5. The van der Waals surface area contributed by atoms with Crippen molar-refractivity contribution < 1.29 is 4.74 Å². The lowest BCUT2D eigenvalue weighted by atomic mass is 10.1. The third kappa shape index (κ3) is 3.77. The van der Waals surface area contributed by atoms with Gasteiger partial charge in [-0.25, -0.2) is 0 Å². The maximum Gasteiger partial charge on any atom is 0.0637 e. The van der Waals surface area contributed by atoms with Gasteiger partial charge < -0.3 is 15.4 Å². The number of nitrogens with zero attached hydrogens (tertiary/aromatic N) is 1. The molecule has 0 unspecified atom stereocenters. The zero-order valence-electron chi connectivity index (χ0n) is 9.87. The number of methoxy groups -OCH3 is 1. The summed E-state index contributed by atoms with van der Waals surface area (Å²) in [6.45, 7) is 2.30. The van der Waals surface area contributed by atoms with Gasteiger partial charge in [0.1, 0.15) is 0 Å². The second-order valence-corrected chi connectivity index (χ2v) is 4.58. The van der Waals surface area contributed by atoms with Crippen LogP contribution in [0, 0.1) is 0 Å². The summed E-state index contributed by atoms with van der Waals surface area (Å²) in [4.78, 5) is 2.17. The van der Waals surface area contributed by atoms with Gasteiger partial charge in [0.2, 0.25) is 0 Å². The number of halogens is 1. The molecule has 0 atom stereocenters. The highest BCUT2D eigenvalue weighted by Crippen LogP contribution is 2.23. The number of nitrogens with two attached hydrogens (primary N) is 1. The minimum Gasteiger partial charge on any atom is -0.383 e. The van der Waals surface area contributed by atoms with Gasteiger partial charge in [0, 0.05) is 30.9 Å². The summed E-state index contributed by atoms with van der Waals surface area (Å²) in [6, 6.07) is 6.36. The molecule has 0 radical (unpaired) electrons. The Morgan fingerprint density at radius 3 is 2.75 bits per heavy atom. The van der Waals surface area contributed by atoms with Crippen molar-refractivity contribution in [1.82, 2.24) is 0 Å². The van der Waals surface area contributed by atoms with Gasteiger partial charge in [-0.15, -0.1) is 0 Å². The maximum absolute atomic E-state index is 5.55. The Balaban J connectivity index is 2.71. The molecule has 0 spiro atoms. The average molecular weight is 287 g/mol. The molecule has 0 bridgehead atoms. The van der Waals surface area contributed by atoms with E-state index in [0.717, 1.165) is 24.0 Å². The first-order valence-electron chi connectivity index (χ1n) is 5.37. The predicted molar refractivity (Wildman–Crippen MR) is 72.0 cm³/mol. The van der Waals surface area contributed by atoms with Crippen molar-refractivity contribution in [2.75, 3.05) is 38.8 Å². The molecule has 1 rings (SSSR count). The quantitative estimate of drug-likeness (QED) is 0.870. The summed E-state index contributed by atoms with van der Waals surface area (Å²) in [6.07, 6.45) is 0.905. The number of anilines is 1. The second-order valence-electron chi connectivity index (χ2n) is 3.73. The standard InChI is InChI=1S/C12H19BrN2O/c1-15(7-8-16-2)11-4-3-10(5-6-14)12(13)9-11/h3-4,9H,5-8,14H2,1-2H3. The van der Waals surface area contributed by atoms with E-state index in [1.165, 1.54) is 11.3 Å². The Hall–Kier alpha value is -0.580. The van der Waals surface area contributed by atoms with Gasteiger partial charge in [-0.2, -0.15) is 0 Å². The molecule has 3 nitrogen and oxygen atoms in total. The fourth-order valence-electron chi connectivity index (χ4n) is 1.49. The number of likely N-dealkylation sites (N-methyl/N-ethyl adjacent to an activating group) is 1. The van der Waals surface area contributed by atoms with Crippen molar-refractivity contribution in [2.24, 2.45) is 5.73 Å². The monoisotopic (exact) mass is 286 g/mol. The van der Waals surface area contributed by atoms with Gasteiger partial charge >= 0.3 is 0 Å². The molecule has 4 heteroatoms. The Morgan fingerprint density at radius 1 is 1.44 bits per heavy atom. The number of hydrogen-bond donors (Lipinski definition) is 1. The van der Waals surface area contributed by atoms with Crippen molar-refractivity contribution in [2.45, 2.75) is 6.42 Å². The smallest absolute Gasteiger partial charge is 0.0637 e. The minimum atomic E-state index is 0.678. The van der Waals surface area contributed by atoms with Crippen LogP contribution in [-0.4, -0.2) is 33.9 Å². The number of rotatable bonds is 6. The molecule has 0 saturated carbocycles. The molecule has 0 heterocycles. The molecular formula is C12H19BrN2O. The van der Waals surface area contributed by atoms with Crippen LogP contribution in [0.5, 0.6) is 0 Å². The van der Waals surface area contributed by atoms with E-state index >= 15 is 0 Å². The van der Waals surface area contributed by atoms with E-state index in [2.05, 4.69) is 46.1 Å². The lowest BCUT2D eigenvalue weighted by Crippen LogP contribution is -2.22. The third-order valence-electron chi connectivity index (χ3n) is 2.52. The Morgan fingerprint density at radius 2 is 2.19 bits per heavy atom. The summed E-state index contributed by atoms with van der Waals surface area (Å²) in [5, 5.41) is 0. The molecule has 0 aliphatic heterocycles. The zero-order chi connectivity index (χ0) is 12.0. The summed E-state index contributed by atoms with van der Waals surface area (Å²) in [5.41, 5.74) is 7.99. The first kappa shape index (κ1) is 13.5. The molecule has 90 valence electrons. The largest absolute Gasteiger partial charge is 0.383 e. The minimum absolute atomic E-state index is 0.678. The van der Waals surface area contributed by atoms with Crippen LogP contribution < -0.4 is 10.6 Å². The highest BCUT2D eigenvalue weighted by atomic mass is 79.9. The predicted octanol–water partition coefficient (Wildman–Crippen LogP) is 2.03. The lowest BCUT2D eigenvalue weighted by molar-refractivity contribution is 0.206. The van der Waals surface area contributed by atoms with Crippen LogP contribution in [0.15, 0.2) is 22.7 Å². The highest BCUT2D eigenvalue weighted by molar-refractivity contribution is 9.10. The third-order valence-corrected chi connectivity index (χ3v) is 3.26. The fourth-order valence-corrected chi connectivity index (χ4v) is 2.05. The summed E-state index contributed by atoms with van der Waals surface area (Å²) >= 11 is 3.57. The number of benzene rings is 1. The molecule has 0 amide bonds. The zero-order valence-corrected chi connectivity index (χ0v) is 11.5. The fraction of sp³-hybridized carbons (Fsp3) is 0.500. The molecule has 0 saturated heterocycles. The van der Waals surface area contributed by atoms with Gasteiger partial charge in [0.15, 0.2) is 0 Å². The van der Waals surface area contributed by atoms with Crippen LogP contribution in [-0.2, 0) is 11.2 Å². The molecule has 16 heavy (non-hydrogen) atoms. The summed E-state index contributed by atoms with van der Waals surface area (Å²) in [5.74, 6) is 0. The molecule has 0 aliphatic rings. The van der Waals surface area contributed by atoms with Crippen molar-refractivity contribution in [1.29, 1.82) is 0 Å². The number of ether oxygens (including phenoxy) is 1. The van der Waals surface area contributed by atoms with Gasteiger partial charge in [-0.05, 0) is 30.7 Å². The molecule has 1 aromatic carbocycles. The van der Waals surface area contributed by atoms with E-state index in [0.29, 0.717) is 6.54 Å². The van der Waals surface area contributed by atoms with E-state index in [1.807, 2.05) is 0 Å². The maximum atomic E-state index is 5.55. The Kier molecular flexibility index (Phi) is 5.80. The summed E-state index contributed by atoms with van der Waals surface area (Å²) < 4.78 is 6.18.